The normalized spacial score (nSPS) is 19.4. The van der Waals surface area contributed by atoms with Gasteiger partial charge in [-0.05, 0) is 69.4 Å². The van der Waals surface area contributed by atoms with E-state index in [0.29, 0.717) is 6.92 Å². The lowest BCUT2D eigenvalue weighted by Gasteiger charge is -2.37. The van der Waals surface area contributed by atoms with E-state index in [1.807, 2.05) is 31.2 Å². The smallest absolute Gasteiger partial charge is 0.417 e. The minimum Gasteiger partial charge on any atom is -0.481 e. The number of rotatable bonds is 11. The zero-order chi connectivity index (χ0) is 28.3. The maximum atomic E-state index is 13.1. The predicted molar refractivity (Wildman–Crippen MR) is 134 cm³/mol. The number of aliphatic hydroxyl groups is 1. The molecule has 8 heteroatoms. The van der Waals surface area contributed by atoms with Gasteiger partial charge in [0.2, 0.25) is 0 Å². The Morgan fingerprint density at radius 3 is 1.81 bits per heavy atom. The van der Waals surface area contributed by atoms with Gasteiger partial charge in [0, 0.05) is 6.42 Å². The number of esters is 1. The average molecular weight is 517 g/mol. The Bertz CT molecular complexity index is 901. The van der Waals surface area contributed by atoms with E-state index in [1.54, 1.807) is 20.8 Å². The molecule has 5 nitrogen and oxygen atoms in total. The maximum absolute atomic E-state index is 13.1. The fourth-order valence-corrected chi connectivity index (χ4v) is 4.59. The number of carbonyl (C=O) groups is 2. The first-order valence-electron chi connectivity index (χ1n) is 12.4. The van der Waals surface area contributed by atoms with Gasteiger partial charge in [-0.3, -0.25) is 9.59 Å². The molecule has 0 bridgehead atoms. The number of halogens is 3. The summed E-state index contributed by atoms with van der Waals surface area (Å²) < 4.78 is 44.4. The molecule has 206 valence electrons. The van der Waals surface area contributed by atoms with Crippen molar-refractivity contribution in [3.05, 3.63) is 35.4 Å². The van der Waals surface area contributed by atoms with Crippen molar-refractivity contribution in [3.8, 4) is 0 Å². The number of hydrogen-bond donors (Lipinski definition) is 2. The summed E-state index contributed by atoms with van der Waals surface area (Å²) in [4.78, 5) is 25.5. The zero-order valence-corrected chi connectivity index (χ0v) is 23.0. The van der Waals surface area contributed by atoms with Crippen LogP contribution in [0.2, 0.25) is 0 Å². The topological polar surface area (TPSA) is 83.8 Å². The molecule has 0 fully saturated rings. The van der Waals surface area contributed by atoms with E-state index in [9.17, 15) is 33.0 Å². The SMILES string of the molecule is CCC(C)(CC(C)(CC(C)c1ccc(C(C)(C)C)cc1)C(=O)O)C(=O)OC(C)CC(C)(O)C(F)(F)F. The fraction of sp³-hybridized carbons (Fsp3) is 0.714. The Morgan fingerprint density at radius 1 is 0.917 bits per heavy atom. The van der Waals surface area contributed by atoms with Gasteiger partial charge in [-0.2, -0.15) is 13.2 Å². The second-order valence-corrected chi connectivity index (χ2v) is 12.1. The van der Waals surface area contributed by atoms with Gasteiger partial charge in [-0.1, -0.05) is 58.9 Å². The summed E-state index contributed by atoms with van der Waals surface area (Å²) in [7, 11) is 0. The highest BCUT2D eigenvalue weighted by molar-refractivity contribution is 5.80. The van der Waals surface area contributed by atoms with E-state index in [-0.39, 0.29) is 30.6 Å². The van der Waals surface area contributed by atoms with Gasteiger partial charge in [0.05, 0.1) is 10.8 Å². The fourth-order valence-electron chi connectivity index (χ4n) is 4.59. The summed E-state index contributed by atoms with van der Waals surface area (Å²) >= 11 is 0. The van der Waals surface area contributed by atoms with Gasteiger partial charge < -0.3 is 14.9 Å². The molecule has 0 radical (unpaired) electrons. The molecule has 1 aromatic carbocycles. The van der Waals surface area contributed by atoms with Gasteiger partial charge in [0.1, 0.15) is 6.10 Å². The number of benzene rings is 1. The number of ether oxygens (including phenoxy) is 1. The molecule has 1 rings (SSSR count). The van der Waals surface area contributed by atoms with Gasteiger partial charge in [0.25, 0.3) is 0 Å². The second kappa shape index (κ2) is 11.1. The summed E-state index contributed by atoms with van der Waals surface area (Å²) in [5.41, 5.74) is -3.39. The van der Waals surface area contributed by atoms with Gasteiger partial charge in [0.15, 0.2) is 5.60 Å². The molecule has 5 unspecified atom stereocenters. The third kappa shape index (κ3) is 7.95. The minimum atomic E-state index is -4.87. The summed E-state index contributed by atoms with van der Waals surface area (Å²) in [6, 6.07) is 8.06. The third-order valence-corrected chi connectivity index (χ3v) is 7.28. The van der Waals surface area contributed by atoms with E-state index in [4.69, 9.17) is 4.74 Å². The van der Waals surface area contributed by atoms with E-state index in [1.165, 1.54) is 12.5 Å². The predicted octanol–water partition coefficient (Wildman–Crippen LogP) is 7.01. The van der Waals surface area contributed by atoms with Crippen LogP contribution in [0.4, 0.5) is 13.2 Å². The lowest BCUT2D eigenvalue weighted by molar-refractivity contribution is -0.261. The molecule has 36 heavy (non-hydrogen) atoms. The second-order valence-electron chi connectivity index (χ2n) is 12.1. The molecule has 0 saturated carbocycles. The minimum absolute atomic E-state index is 0.00858. The van der Waals surface area contributed by atoms with Crippen LogP contribution in [0.15, 0.2) is 24.3 Å². The molecule has 0 aliphatic heterocycles. The Morgan fingerprint density at radius 2 is 1.42 bits per heavy atom. The number of alkyl halides is 3. The largest absolute Gasteiger partial charge is 0.481 e. The van der Waals surface area contributed by atoms with Crippen LogP contribution < -0.4 is 0 Å². The number of hydrogen-bond acceptors (Lipinski definition) is 4. The molecule has 1 aromatic rings. The van der Waals surface area contributed by atoms with Crippen LogP contribution in [-0.2, 0) is 19.7 Å². The highest BCUT2D eigenvalue weighted by Gasteiger charge is 2.51. The number of carboxylic acids is 1. The highest BCUT2D eigenvalue weighted by Crippen LogP contribution is 2.44. The van der Waals surface area contributed by atoms with Crippen molar-refractivity contribution in [1.82, 2.24) is 0 Å². The Balaban J connectivity index is 3.07. The molecule has 2 N–H and O–H groups in total. The first kappa shape index (κ1) is 31.9. The Hall–Kier alpha value is -2.09. The van der Waals surface area contributed by atoms with Crippen LogP contribution in [0.1, 0.15) is 105 Å². The van der Waals surface area contributed by atoms with Gasteiger partial charge in [-0.25, -0.2) is 0 Å². The molecule has 0 aliphatic carbocycles. The Kier molecular flexibility index (Phi) is 9.86. The van der Waals surface area contributed by atoms with Crippen molar-refractivity contribution in [1.29, 1.82) is 0 Å². The van der Waals surface area contributed by atoms with E-state index < -0.39 is 47.1 Å². The quantitative estimate of drug-likeness (QED) is 0.309. The third-order valence-electron chi connectivity index (χ3n) is 7.28. The average Bonchev–Trinajstić information content (AvgIpc) is 2.71. The van der Waals surface area contributed by atoms with Crippen LogP contribution in [0, 0.1) is 10.8 Å². The molecule has 0 spiro atoms. The molecular weight excluding hydrogens is 473 g/mol. The molecule has 0 saturated heterocycles. The zero-order valence-electron chi connectivity index (χ0n) is 23.0. The molecular formula is C28H43F3O5. The van der Waals surface area contributed by atoms with Crippen molar-refractivity contribution in [2.75, 3.05) is 0 Å². The van der Waals surface area contributed by atoms with Crippen LogP contribution >= 0.6 is 0 Å². The molecule has 0 heterocycles. The molecule has 0 amide bonds. The molecule has 5 atom stereocenters. The lowest BCUT2D eigenvalue weighted by Crippen LogP contribution is -2.46. The number of aliphatic carboxylic acids is 1. The standard InChI is InChI=1S/C28H43F3O5/c1-10-25(7,23(34)36-19(3)16-27(9,35)28(29,30)31)17-26(8,22(32)33)15-18(2)20-11-13-21(14-12-20)24(4,5)6/h11-14,18-19,35H,10,15-17H2,1-9H3,(H,32,33). The van der Waals surface area contributed by atoms with Gasteiger partial charge in [-0.15, -0.1) is 0 Å². The molecule has 0 aliphatic rings. The Labute approximate surface area is 213 Å². The van der Waals surface area contributed by atoms with Crippen LogP contribution in [0.3, 0.4) is 0 Å². The summed E-state index contributed by atoms with van der Waals surface area (Å²) in [6.07, 6.45) is -6.44. The van der Waals surface area contributed by atoms with Gasteiger partial charge >= 0.3 is 18.1 Å². The number of carbonyl (C=O) groups excluding carboxylic acids is 1. The highest BCUT2D eigenvalue weighted by atomic mass is 19.4. The molecule has 0 aromatic heterocycles. The van der Waals surface area contributed by atoms with Crippen LogP contribution in [0.5, 0.6) is 0 Å². The van der Waals surface area contributed by atoms with E-state index in [2.05, 4.69) is 20.8 Å². The summed E-state index contributed by atoms with van der Waals surface area (Å²) in [5.74, 6) is -1.94. The summed E-state index contributed by atoms with van der Waals surface area (Å²) in [6.45, 7) is 15.1. The summed E-state index contributed by atoms with van der Waals surface area (Å²) in [5, 5.41) is 19.9. The monoisotopic (exact) mass is 516 g/mol. The van der Waals surface area contributed by atoms with E-state index >= 15 is 0 Å². The van der Waals surface area contributed by atoms with Crippen LogP contribution in [0.25, 0.3) is 0 Å². The maximum Gasteiger partial charge on any atom is 0.417 e. The van der Waals surface area contributed by atoms with Crippen molar-refractivity contribution in [2.24, 2.45) is 10.8 Å². The lowest BCUT2D eigenvalue weighted by atomic mass is 9.67. The number of carboxylic acid groups (broad SMARTS) is 1. The van der Waals surface area contributed by atoms with Crippen LogP contribution in [-0.4, -0.2) is 40.0 Å². The van der Waals surface area contributed by atoms with E-state index in [0.717, 1.165) is 5.56 Å². The van der Waals surface area contributed by atoms with Crippen molar-refractivity contribution < 1.29 is 37.7 Å². The van der Waals surface area contributed by atoms with Crippen molar-refractivity contribution in [3.63, 3.8) is 0 Å². The van der Waals surface area contributed by atoms with Crippen molar-refractivity contribution in [2.45, 2.75) is 117 Å². The first-order valence-corrected chi connectivity index (χ1v) is 12.4. The van der Waals surface area contributed by atoms with Crippen molar-refractivity contribution >= 4 is 11.9 Å². The first-order chi connectivity index (χ1) is 16.1.